The molecule has 40 heavy (non-hydrogen) atoms. The summed E-state index contributed by atoms with van der Waals surface area (Å²) in [6.45, 7) is 5.40. The zero-order valence-corrected chi connectivity index (χ0v) is 24.2. The third kappa shape index (κ3) is 5.35. The third-order valence-electron chi connectivity index (χ3n) is 7.15. The van der Waals surface area contributed by atoms with Crippen LogP contribution in [0, 0.1) is 10.1 Å². The van der Waals surface area contributed by atoms with Crippen LogP contribution < -0.4 is 19.8 Å². The van der Waals surface area contributed by atoms with E-state index in [4.69, 9.17) is 4.74 Å². The Kier molecular flexibility index (Phi) is 8.22. The molecule has 0 bridgehead atoms. The van der Waals surface area contributed by atoms with E-state index in [1.54, 1.807) is 42.3 Å². The Morgan fingerprint density at radius 3 is 2.58 bits per heavy atom. The highest BCUT2D eigenvalue weighted by Gasteiger charge is 2.33. The van der Waals surface area contributed by atoms with Crippen LogP contribution in [-0.2, 0) is 9.53 Å². The van der Waals surface area contributed by atoms with Gasteiger partial charge in [-0.15, -0.1) is 11.8 Å². The second kappa shape index (κ2) is 11.8. The fraction of sp³-hybridized carbons (Fsp3) is 0.345. The van der Waals surface area contributed by atoms with Gasteiger partial charge in [0.1, 0.15) is 0 Å². The Bertz CT molecular complexity index is 1670. The number of hydrogen-bond acceptors (Lipinski definition) is 9. The molecule has 0 unspecified atom stereocenters. The maximum atomic E-state index is 14.0. The van der Waals surface area contributed by atoms with Gasteiger partial charge in [-0.3, -0.25) is 19.5 Å². The van der Waals surface area contributed by atoms with Gasteiger partial charge in [0.25, 0.3) is 11.2 Å². The first-order chi connectivity index (χ1) is 19.3. The van der Waals surface area contributed by atoms with Gasteiger partial charge in [0.2, 0.25) is 0 Å². The molecule has 0 radical (unpaired) electrons. The Morgan fingerprint density at radius 1 is 1.20 bits per heavy atom. The highest BCUT2D eigenvalue weighted by molar-refractivity contribution is 7.98. The number of thiazole rings is 1. The van der Waals surface area contributed by atoms with Crippen LogP contribution in [0.5, 0.6) is 0 Å². The molecule has 0 N–H and O–H groups in total. The number of aromatic nitrogens is 1. The molecule has 1 atom stereocenters. The van der Waals surface area contributed by atoms with Crippen molar-refractivity contribution < 1.29 is 14.5 Å². The molecule has 0 aliphatic carbocycles. The zero-order valence-electron chi connectivity index (χ0n) is 22.6. The molecule has 1 aromatic heterocycles. The normalized spacial score (nSPS) is 17.4. The molecule has 0 amide bonds. The van der Waals surface area contributed by atoms with E-state index >= 15 is 0 Å². The minimum absolute atomic E-state index is 0.0352. The first-order valence-electron chi connectivity index (χ1n) is 13.2. The first kappa shape index (κ1) is 27.9. The van der Waals surface area contributed by atoms with Crippen molar-refractivity contribution in [3.63, 3.8) is 0 Å². The Labute approximate surface area is 239 Å². The molecule has 1 fully saturated rings. The number of anilines is 1. The standard InChI is InChI=1S/C29H30N4O5S2/c1-4-38-28(35)25-18(2)30-29-32(26(25)19-8-11-22(39-3)12-9-19)27(34)24(40-29)17-20-16-21(33(36)37)10-13-23(20)31-14-6-5-7-15-31/h8-13,16-17,26H,4-7,14-15H2,1-3H3/b24-17+/t26-/m1/s1. The van der Waals surface area contributed by atoms with Crippen molar-refractivity contribution in [3.8, 4) is 0 Å². The monoisotopic (exact) mass is 578 g/mol. The van der Waals surface area contributed by atoms with Crippen LogP contribution in [0.25, 0.3) is 6.08 Å². The maximum Gasteiger partial charge on any atom is 0.338 e. The van der Waals surface area contributed by atoms with Crippen LogP contribution in [0.15, 0.2) is 68.4 Å². The molecule has 208 valence electrons. The quantitative estimate of drug-likeness (QED) is 0.177. The minimum Gasteiger partial charge on any atom is -0.463 e. The van der Waals surface area contributed by atoms with Gasteiger partial charge in [0.05, 0.1) is 33.4 Å². The van der Waals surface area contributed by atoms with Gasteiger partial charge in [0, 0.05) is 41.4 Å². The summed E-state index contributed by atoms with van der Waals surface area (Å²) >= 11 is 2.82. The van der Waals surface area contributed by atoms with E-state index in [0.717, 1.165) is 48.5 Å². The molecule has 0 saturated carbocycles. The van der Waals surface area contributed by atoms with Gasteiger partial charge in [-0.1, -0.05) is 23.5 Å². The Morgan fingerprint density at radius 2 is 1.93 bits per heavy atom. The number of piperidine rings is 1. The van der Waals surface area contributed by atoms with Crippen LogP contribution in [0.3, 0.4) is 0 Å². The Balaban J connectivity index is 1.70. The summed E-state index contributed by atoms with van der Waals surface area (Å²) in [5.41, 5.74) is 2.72. The van der Waals surface area contributed by atoms with E-state index in [-0.39, 0.29) is 17.9 Å². The van der Waals surface area contributed by atoms with Crippen molar-refractivity contribution in [1.29, 1.82) is 0 Å². The number of rotatable bonds is 7. The zero-order chi connectivity index (χ0) is 28.4. The fourth-order valence-corrected chi connectivity index (χ4v) is 6.67. The van der Waals surface area contributed by atoms with E-state index in [1.165, 1.54) is 23.5 Å². The number of nitro groups is 1. The van der Waals surface area contributed by atoms with Crippen molar-refractivity contribution in [3.05, 3.63) is 94.7 Å². The predicted molar refractivity (Wildman–Crippen MR) is 158 cm³/mol. The summed E-state index contributed by atoms with van der Waals surface area (Å²) in [6.07, 6.45) is 6.95. The number of benzene rings is 2. The van der Waals surface area contributed by atoms with Crippen molar-refractivity contribution in [2.24, 2.45) is 4.99 Å². The highest BCUT2D eigenvalue weighted by Crippen LogP contribution is 2.32. The molecule has 2 aromatic carbocycles. The van der Waals surface area contributed by atoms with Crippen LogP contribution in [0.4, 0.5) is 11.4 Å². The van der Waals surface area contributed by atoms with E-state index in [1.807, 2.05) is 30.5 Å². The Hall–Kier alpha value is -3.70. The third-order valence-corrected chi connectivity index (χ3v) is 8.88. The first-order valence-corrected chi connectivity index (χ1v) is 15.2. The molecule has 1 saturated heterocycles. The molecular formula is C29H30N4O5S2. The topological polar surface area (TPSA) is 107 Å². The van der Waals surface area contributed by atoms with E-state index in [2.05, 4.69) is 9.89 Å². The van der Waals surface area contributed by atoms with Crippen LogP contribution in [-0.4, -0.2) is 41.4 Å². The maximum absolute atomic E-state index is 14.0. The summed E-state index contributed by atoms with van der Waals surface area (Å²) in [7, 11) is 0. The average Bonchev–Trinajstić information content (AvgIpc) is 3.26. The number of nitrogens with zero attached hydrogens (tertiary/aromatic N) is 4. The number of carbonyl (C=O) groups is 1. The van der Waals surface area contributed by atoms with Gasteiger partial charge in [0.15, 0.2) is 4.80 Å². The van der Waals surface area contributed by atoms with E-state index in [0.29, 0.717) is 26.2 Å². The van der Waals surface area contributed by atoms with Gasteiger partial charge >= 0.3 is 5.97 Å². The number of allylic oxidation sites excluding steroid dienone is 1. The van der Waals surface area contributed by atoms with E-state index in [9.17, 15) is 19.7 Å². The number of fused-ring (bicyclic) bond motifs is 1. The number of esters is 1. The number of hydrogen-bond donors (Lipinski definition) is 0. The number of thioether (sulfide) groups is 1. The molecule has 3 aromatic rings. The lowest BCUT2D eigenvalue weighted by Crippen LogP contribution is -2.40. The molecular weight excluding hydrogens is 548 g/mol. The van der Waals surface area contributed by atoms with Crippen molar-refractivity contribution in [2.45, 2.75) is 44.0 Å². The molecule has 5 rings (SSSR count). The lowest BCUT2D eigenvalue weighted by atomic mass is 9.96. The van der Waals surface area contributed by atoms with Gasteiger partial charge < -0.3 is 9.64 Å². The molecule has 0 spiro atoms. The fourth-order valence-electron chi connectivity index (χ4n) is 5.23. The number of nitro benzene ring substituents is 1. The van der Waals surface area contributed by atoms with Gasteiger partial charge in [-0.2, -0.15) is 0 Å². The van der Waals surface area contributed by atoms with E-state index < -0.39 is 16.9 Å². The van der Waals surface area contributed by atoms with Crippen molar-refractivity contribution >= 4 is 46.5 Å². The molecule has 3 heterocycles. The highest BCUT2D eigenvalue weighted by atomic mass is 32.2. The summed E-state index contributed by atoms with van der Waals surface area (Å²) < 4.78 is 7.31. The van der Waals surface area contributed by atoms with Gasteiger partial charge in [-0.25, -0.2) is 9.79 Å². The van der Waals surface area contributed by atoms with Crippen molar-refractivity contribution in [1.82, 2.24) is 4.57 Å². The number of ether oxygens (including phenoxy) is 1. The summed E-state index contributed by atoms with van der Waals surface area (Å²) in [5, 5.41) is 11.6. The summed E-state index contributed by atoms with van der Waals surface area (Å²) in [5.74, 6) is -0.511. The van der Waals surface area contributed by atoms with Crippen molar-refractivity contribution in [2.75, 3.05) is 30.9 Å². The summed E-state index contributed by atoms with van der Waals surface area (Å²) in [4.78, 5) is 46.7. The second-order valence-corrected chi connectivity index (χ2v) is 11.5. The van der Waals surface area contributed by atoms with Crippen LogP contribution >= 0.6 is 23.1 Å². The molecule has 9 nitrogen and oxygen atoms in total. The second-order valence-electron chi connectivity index (χ2n) is 9.62. The van der Waals surface area contributed by atoms with Crippen LogP contribution in [0.2, 0.25) is 0 Å². The average molecular weight is 579 g/mol. The molecule has 11 heteroatoms. The van der Waals surface area contributed by atoms with Crippen LogP contribution in [0.1, 0.15) is 50.3 Å². The largest absolute Gasteiger partial charge is 0.463 e. The number of carbonyl (C=O) groups excluding carboxylic acids is 1. The lowest BCUT2D eigenvalue weighted by molar-refractivity contribution is -0.384. The number of non-ortho nitro benzene ring substituents is 1. The summed E-state index contributed by atoms with van der Waals surface area (Å²) in [6, 6.07) is 11.9. The molecule has 2 aliphatic heterocycles. The molecule has 2 aliphatic rings. The predicted octanol–water partition coefficient (Wildman–Crippen LogP) is 4.42. The van der Waals surface area contributed by atoms with Gasteiger partial charge in [-0.05, 0) is 69.2 Å². The minimum atomic E-state index is -0.708. The smallest absolute Gasteiger partial charge is 0.338 e. The lowest BCUT2D eigenvalue weighted by Gasteiger charge is -2.30. The SMILES string of the molecule is CCOC(=O)C1=C(C)N=c2s/c(=C/c3cc([N+](=O)[O-])ccc3N3CCCCC3)c(=O)n2[C@@H]1c1ccc(SC)cc1.